The summed E-state index contributed by atoms with van der Waals surface area (Å²) in [5.41, 5.74) is 1.64. The smallest absolute Gasteiger partial charge is 0.248 e. The molecule has 4 nitrogen and oxygen atoms in total. The number of anilines is 1. The summed E-state index contributed by atoms with van der Waals surface area (Å²) >= 11 is 0. The van der Waals surface area contributed by atoms with E-state index in [0.717, 1.165) is 17.1 Å². The van der Waals surface area contributed by atoms with Gasteiger partial charge in [-0.2, -0.15) is 0 Å². The molecule has 0 bridgehead atoms. The van der Waals surface area contributed by atoms with Gasteiger partial charge in [-0.1, -0.05) is 30.3 Å². The first-order chi connectivity index (χ1) is 13.2. The van der Waals surface area contributed by atoms with Crippen molar-refractivity contribution in [1.82, 2.24) is 0 Å². The average Bonchev–Trinajstić information content (AvgIpc) is 2.70. The van der Waals surface area contributed by atoms with E-state index in [-0.39, 0.29) is 5.91 Å². The van der Waals surface area contributed by atoms with Gasteiger partial charge in [-0.3, -0.25) is 4.79 Å². The number of ether oxygens (including phenoxy) is 2. The molecule has 0 unspecified atom stereocenters. The summed E-state index contributed by atoms with van der Waals surface area (Å²) in [4.78, 5) is 12.1. The van der Waals surface area contributed by atoms with Gasteiger partial charge in [0.1, 0.15) is 17.2 Å². The number of para-hydroxylation sites is 1. The normalized spacial score (nSPS) is 10.6. The predicted octanol–water partition coefficient (Wildman–Crippen LogP) is 5.53. The summed E-state index contributed by atoms with van der Waals surface area (Å²) in [6.45, 7) is 2.57. The Balaban J connectivity index is 1.54. The SMILES string of the molecule is CCOc1ccc(C=CC(=O)Nc2ccc(Oc3ccccc3)cc2)cc1. The summed E-state index contributed by atoms with van der Waals surface area (Å²) in [6, 6.07) is 24.4. The van der Waals surface area contributed by atoms with Crippen LogP contribution in [0, 0.1) is 0 Å². The fraction of sp³-hybridized carbons (Fsp3) is 0.0870. The van der Waals surface area contributed by atoms with Crippen molar-refractivity contribution in [2.45, 2.75) is 6.92 Å². The fourth-order valence-corrected chi connectivity index (χ4v) is 2.43. The van der Waals surface area contributed by atoms with E-state index in [2.05, 4.69) is 5.32 Å². The molecule has 3 aromatic rings. The molecule has 3 rings (SSSR count). The molecule has 0 aliphatic heterocycles. The van der Waals surface area contributed by atoms with E-state index in [0.29, 0.717) is 18.0 Å². The molecule has 1 N–H and O–H groups in total. The Hall–Kier alpha value is -3.53. The Labute approximate surface area is 159 Å². The lowest BCUT2D eigenvalue weighted by molar-refractivity contribution is -0.111. The predicted molar refractivity (Wildman–Crippen MR) is 108 cm³/mol. The molecule has 0 aliphatic carbocycles. The van der Waals surface area contributed by atoms with Crippen molar-refractivity contribution in [3.63, 3.8) is 0 Å². The minimum atomic E-state index is -0.194. The maximum atomic E-state index is 12.1. The van der Waals surface area contributed by atoms with Crippen LogP contribution >= 0.6 is 0 Å². The lowest BCUT2D eigenvalue weighted by Gasteiger charge is -2.07. The standard InChI is InChI=1S/C23H21NO3/c1-2-26-20-13-8-18(9-14-20)10-17-23(25)24-19-11-15-22(16-12-19)27-21-6-4-3-5-7-21/h3-17H,2H2,1H3,(H,24,25). The summed E-state index contributed by atoms with van der Waals surface area (Å²) in [7, 11) is 0. The molecular weight excluding hydrogens is 338 g/mol. The number of amides is 1. The topological polar surface area (TPSA) is 47.6 Å². The van der Waals surface area contributed by atoms with Gasteiger partial charge in [0.2, 0.25) is 5.91 Å². The number of carbonyl (C=O) groups is 1. The first-order valence-electron chi connectivity index (χ1n) is 8.78. The van der Waals surface area contributed by atoms with Gasteiger partial charge in [0.15, 0.2) is 0 Å². The molecule has 0 atom stereocenters. The zero-order valence-electron chi connectivity index (χ0n) is 15.1. The van der Waals surface area contributed by atoms with Crippen LogP contribution in [-0.2, 0) is 4.79 Å². The minimum absolute atomic E-state index is 0.194. The first kappa shape index (κ1) is 18.3. The van der Waals surface area contributed by atoms with Crippen molar-refractivity contribution >= 4 is 17.7 Å². The quantitative estimate of drug-likeness (QED) is 0.564. The second-order valence-corrected chi connectivity index (χ2v) is 5.76. The van der Waals surface area contributed by atoms with Crippen LogP contribution in [0.25, 0.3) is 6.08 Å². The lowest BCUT2D eigenvalue weighted by atomic mass is 10.2. The molecule has 3 aromatic carbocycles. The van der Waals surface area contributed by atoms with E-state index in [1.54, 1.807) is 18.2 Å². The zero-order chi connectivity index (χ0) is 18.9. The van der Waals surface area contributed by atoms with Gasteiger partial charge in [-0.05, 0) is 67.1 Å². The average molecular weight is 359 g/mol. The fourth-order valence-electron chi connectivity index (χ4n) is 2.43. The van der Waals surface area contributed by atoms with Gasteiger partial charge in [-0.15, -0.1) is 0 Å². The molecule has 0 heterocycles. The third kappa shape index (κ3) is 5.75. The van der Waals surface area contributed by atoms with Crippen molar-refractivity contribution in [2.75, 3.05) is 11.9 Å². The summed E-state index contributed by atoms with van der Waals surface area (Å²) < 4.78 is 11.1. The van der Waals surface area contributed by atoms with E-state index < -0.39 is 0 Å². The largest absolute Gasteiger partial charge is 0.494 e. The van der Waals surface area contributed by atoms with Crippen LogP contribution in [-0.4, -0.2) is 12.5 Å². The molecule has 27 heavy (non-hydrogen) atoms. The molecule has 136 valence electrons. The summed E-state index contributed by atoms with van der Waals surface area (Å²) in [6.07, 6.45) is 3.27. The third-order valence-corrected chi connectivity index (χ3v) is 3.72. The van der Waals surface area contributed by atoms with Gasteiger partial charge in [-0.25, -0.2) is 0 Å². The molecule has 0 fully saturated rings. The second kappa shape index (κ2) is 9.25. The van der Waals surface area contributed by atoms with Gasteiger partial charge in [0.25, 0.3) is 0 Å². The van der Waals surface area contributed by atoms with E-state index >= 15 is 0 Å². The van der Waals surface area contributed by atoms with Gasteiger partial charge in [0.05, 0.1) is 6.61 Å². The van der Waals surface area contributed by atoms with Crippen LogP contribution < -0.4 is 14.8 Å². The molecular formula is C23H21NO3. The van der Waals surface area contributed by atoms with Crippen LogP contribution in [0.5, 0.6) is 17.2 Å². The number of nitrogens with one attached hydrogen (secondary N) is 1. The molecule has 1 amide bonds. The number of hydrogen-bond donors (Lipinski definition) is 1. The van der Waals surface area contributed by atoms with Crippen molar-refractivity contribution in [3.05, 3.63) is 90.5 Å². The molecule has 0 spiro atoms. The first-order valence-corrected chi connectivity index (χ1v) is 8.78. The maximum Gasteiger partial charge on any atom is 0.248 e. The Morgan fingerprint density at radius 1 is 0.852 bits per heavy atom. The number of carbonyl (C=O) groups excluding carboxylic acids is 1. The number of benzene rings is 3. The number of rotatable bonds is 7. The lowest BCUT2D eigenvalue weighted by Crippen LogP contribution is -2.07. The van der Waals surface area contributed by atoms with Crippen LogP contribution in [0.3, 0.4) is 0 Å². The Kier molecular flexibility index (Phi) is 6.26. The Morgan fingerprint density at radius 2 is 1.48 bits per heavy atom. The molecule has 0 saturated carbocycles. The van der Waals surface area contributed by atoms with E-state index in [1.165, 1.54) is 6.08 Å². The third-order valence-electron chi connectivity index (χ3n) is 3.72. The highest BCUT2D eigenvalue weighted by Crippen LogP contribution is 2.22. The molecule has 4 heteroatoms. The minimum Gasteiger partial charge on any atom is -0.494 e. The monoisotopic (exact) mass is 359 g/mol. The van der Waals surface area contributed by atoms with Crippen LogP contribution in [0.2, 0.25) is 0 Å². The molecule has 0 aromatic heterocycles. The van der Waals surface area contributed by atoms with E-state index in [4.69, 9.17) is 9.47 Å². The van der Waals surface area contributed by atoms with E-state index in [1.807, 2.05) is 73.7 Å². The van der Waals surface area contributed by atoms with Crippen LogP contribution in [0.1, 0.15) is 12.5 Å². The Bertz CT molecular complexity index is 885. The molecule has 0 aliphatic rings. The Morgan fingerprint density at radius 3 is 2.15 bits per heavy atom. The van der Waals surface area contributed by atoms with Gasteiger partial charge < -0.3 is 14.8 Å². The second-order valence-electron chi connectivity index (χ2n) is 5.76. The number of hydrogen-bond acceptors (Lipinski definition) is 3. The molecule has 0 saturated heterocycles. The van der Waals surface area contributed by atoms with E-state index in [9.17, 15) is 4.79 Å². The summed E-state index contributed by atoms with van der Waals surface area (Å²) in [5, 5.41) is 2.83. The summed E-state index contributed by atoms with van der Waals surface area (Å²) in [5.74, 6) is 2.11. The van der Waals surface area contributed by atoms with Crippen LogP contribution in [0.4, 0.5) is 5.69 Å². The molecule has 0 radical (unpaired) electrons. The maximum absolute atomic E-state index is 12.1. The van der Waals surface area contributed by atoms with Crippen molar-refractivity contribution in [1.29, 1.82) is 0 Å². The highest BCUT2D eigenvalue weighted by molar-refractivity contribution is 6.01. The zero-order valence-corrected chi connectivity index (χ0v) is 15.1. The van der Waals surface area contributed by atoms with Crippen molar-refractivity contribution in [3.8, 4) is 17.2 Å². The van der Waals surface area contributed by atoms with Crippen LogP contribution in [0.15, 0.2) is 84.9 Å². The highest BCUT2D eigenvalue weighted by Gasteiger charge is 2.00. The van der Waals surface area contributed by atoms with Crippen molar-refractivity contribution < 1.29 is 14.3 Å². The van der Waals surface area contributed by atoms with Gasteiger partial charge >= 0.3 is 0 Å². The van der Waals surface area contributed by atoms with Crippen molar-refractivity contribution in [2.24, 2.45) is 0 Å². The van der Waals surface area contributed by atoms with Gasteiger partial charge in [0, 0.05) is 11.8 Å². The highest BCUT2D eigenvalue weighted by atomic mass is 16.5.